The average molecular weight is 359 g/mol. The molecule has 0 aliphatic rings. The molecule has 0 atom stereocenters. The van der Waals surface area contributed by atoms with Crippen LogP contribution in [0.5, 0.6) is 11.6 Å². The van der Waals surface area contributed by atoms with Crippen LogP contribution in [0.15, 0.2) is 34.8 Å². The van der Waals surface area contributed by atoms with Gasteiger partial charge in [0.2, 0.25) is 5.88 Å². The van der Waals surface area contributed by atoms with Crippen LogP contribution >= 0.6 is 27.5 Å². The third-order valence-electron chi connectivity index (χ3n) is 2.68. The van der Waals surface area contributed by atoms with Crippen LogP contribution < -0.4 is 4.74 Å². The third kappa shape index (κ3) is 3.93. The average Bonchev–Trinajstić information content (AvgIpc) is 2.43. The maximum absolute atomic E-state index is 13.3. The van der Waals surface area contributed by atoms with Crippen molar-refractivity contribution in [2.45, 2.75) is 25.6 Å². The summed E-state index contributed by atoms with van der Waals surface area (Å²) in [6.07, 6.45) is 1.84. The van der Waals surface area contributed by atoms with Gasteiger partial charge in [-0.25, -0.2) is 9.37 Å². The van der Waals surface area contributed by atoms with Gasteiger partial charge in [0.15, 0.2) is 0 Å². The number of nitrogens with zero attached hydrogens (tertiary/aromatic N) is 1. The molecule has 1 aromatic heterocycles. The summed E-state index contributed by atoms with van der Waals surface area (Å²) < 4.78 is 19.6. The van der Waals surface area contributed by atoms with E-state index < -0.39 is 0 Å². The summed E-state index contributed by atoms with van der Waals surface area (Å²) in [5.74, 6) is 0.856. The fourth-order valence-corrected chi connectivity index (χ4v) is 2.28. The highest BCUT2D eigenvalue weighted by molar-refractivity contribution is 9.10. The molecule has 0 saturated carbocycles. The zero-order valence-corrected chi connectivity index (χ0v) is 13.3. The lowest BCUT2D eigenvalue weighted by atomic mass is 10.2. The van der Waals surface area contributed by atoms with E-state index in [2.05, 4.69) is 27.8 Å². The molecular weight excluding hydrogens is 345 g/mol. The number of halogens is 3. The van der Waals surface area contributed by atoms with Gasteiger partial charge in [-0.15, -0.1) is 11.6 Å². The molecule has 0 radical (unpaired) electrons. The number of hydrogen-bond acceptors (Lipinski definition) is 2. The molecule has 2 rings (SSSR count). The Bertz CT molecular complexity index is 606. The van der Waals surface area contributed by atoms with Crippen LogP contribution in [0, 0.1) is 5.82 Å². The van der Waals surface area contributed by atoms with E-state index in [4.69, 9.17) is 16.3 Å². The molecule has 0 fully saturated rings. The Morgan fingerprint density at radius 3 is 2.80 bits per heavy atom. The molecule has 2 aromatic rings. The van der Waals surface area contributed by atoms with E-state index in [0.29, 0.717) is 22.0 Å². The van der Waals surface area contributed by atoms with Gasteiger partial charge in [-0.1, -0.05) is 13.3 Å². The van der Waals surface area contributed by atoms with Gasteiger partial charge in [-0.2, -0.15) is 0 Å². The van der Waals surface area contributed by atoms with Crippen molar-refractivity contribution >= 4 is 27.5 Å². The summed E-state index contributed by atoms with van der Waals surface area (Å²) in [5.41, 5.74) is 1.86. The SMILES string of the molecule is CCCc1cc(CCl)cc(Oc2cc(F)ccc2Br)n1. The summed E-state index contributed by atoms with van der Waals surface area (Å²) in [5, 5.41) is 0. The molecule has 20 heavy (non-hydrogen) atoms. The fourth-order valence-electron chi connectivity index (χ4n) is 1.80. The minimum Gasteiger partial charge on any atom is -0.438 e. The van der Waals surface area contributed by atoms with Gasteiger partial charge in [0.25, 0.3) is 0 Å². The monoisotopic (exact) mass is 357 g/mol. The van der Waals surface area contributed by atoms with E-state index in [0.717, 1.165) is 24.1 Å². The quantitative estimate of drug-likeness (QED) is 0.661. The highest BCUT2D eigenvalue weighted by atomic mass is 79.9. The predicted molar refractivity (Wildman–Crippen MR) is 82.0 cm³/mol. The van der Waals surface area contributed by atoms with Crippen molar-refractivity contribution in [1.29, 1.82) is 0 Å². The number of aromatic nitrogens is 1. The smallest absolute Gasteiger partial charge is 0.219 e. The Labute approximate surface area is 131 Å². The van der Waals surface area contributed by atoms with Crippen LogP contribution in [0.4, 0.5) is 4.39 Å². The minimum absolute atomic E-state index is 0.356. The van der Waals surface area contributed by atoms with Crippen LogP contribution in [-0.2, 0) is 12.3 Å². The second-order valence-electron chi connectivity index (χ2n) is 4.37. The lowest BCUT2D eigenvalue weighted by molar-refractivity contribution is 0.452. The van der Waals surface area contributed by atoms with Crippen molar-refractivity contribution in [3.8, 4) is 11.6 Å². The van der Waals surface area contributed by atoms with E-state index >= 15 is 0 Å². The van der Waals surface area contributed by atoms with E-state index in [1.165, 1.54) is 12.1 Å². The lowest BCUT2D eigenvalue weighted by Crippen LogP contribution is -1.96. The standard InChI is InChI=1S/C15H14BrClFNO/c1-2-3-12-6-10(9-17)7-15(19-12)20-14-8-11(18)4-5-13(14)16/h4-8H,2-3,9H2,1H3. The van der Waals surface area contributed by atoms with E-state index in [9.17, 15) is 4.39 Å². The zero-order valence-electron chi connectivity index (χ0n) is 11.0. The molecule has 106 valence electrons. The summed E-state index contributed by atoms with van der Waals surface area (Å²) in [7, 11) is 0. The summed E-state index contributed by atoms with van der Waals surface area (Å²) in [4.78, 5) is 4.41. The number of benzene rings is 1. The van der Waals surface area contributed by atoms with Crippen molar-refractivity contribution in [3.05, 3.63) is 51.9 Å². The first-order chi connectivity index (χ1) is 9.62. The van der Waals surface area contributed by atoms with Crippen molar-refractivity contribution in [2.24, 2.45) is 0 Å². The molecule has 5 heteroatoms. The molecule has 0 aliphatic heterocycles. The van der Waals surface area contributed by atoms with Gasteiger partial charge in [0, 0.05) is 23.7 Å². The van der Waals surface area contributed by atoms with E-state index in [-0.39, 0.29) is 5.82 Å². The number of pyridine rings is 1. The van der Waals surface area contributed by atoms with Gasteiger partial charge in [-0.3, -0.25) is 0 Å². The highest BCUT2D eigenvalue weighted by Gasteiger charge is 2.08. The molecule has 0 unspecified atom stereocenters. The van der Waals surface area contributed by atoms with Crippen molar-refractivity contribution in [2.75, 3.05) is 0 Å². The number of alkyl halides is 1. The Kier molecular flexibility index (Phi) is 5.38. The van der Waals surface area contributed by atoms with E-state index in [1.54, 1.807) is 12.1 Å². The Morgan fingerprint density at radius 2 is 2.10 bits per heavy atom. The first-order valence-electron chi connectivity index (χ1n) is 6.31. The van der Waals surface area contributed by atoms with Gasteiger partial charge < -0.3 is 4.74 Å². The second kappa shape index (κ2) is 7.04. The van der Waals surface area contributed by atoms with E-state index in [1.807, 2.05) is 6.07 Å². The molecule has 1 heterocycles. The Morgan fingerprint density at radius 1 is 1.30 bits per heavy atom. The van der Waals surface area contributed by atoms with Crippen LogP contribution in [0.3, 0.4) is 0 Å². The molecule has 0 amide bonds. The molecule has 0 N–H and O–H groups in total. The number of rotatable bonds is 5. The Balaban J connectivity index is 2.32. The van der Waals surface area contributed by atoms with Gasteiger partial charge in [0.1, 0.15) is 11.6 Å². The molecule has 1 aromatic carbocycles. The van der Waals surface area contributed by atoms with Crippen molar-refractivity contribution in [3.63, 3.8) is 0 Å². The maximum Gasteiger partial charge on any atom is 0.219 e. The second-order valence-corrected chi connectivity index (χ2v) is 5.49. The number of ether oxygens (including phenoxy) is 1. The van der Waals surface area contributed by atoms with Crippen molar-refractivity contribution in [1.82, 2.24) is 4.98 Å². The van der Waals surface area contributed by atoms with Gasteiger partial charge >= 0.3 is 0 Å². The largest absolute Gasteiger partial charge is 0.438 e. The zero-order chi connectivity index (χ0) is 14.5. The van der Waals surface area contributed by atoms with Crippen LogP contribution in [0.2, 0.25) is 0 Å². The third-order valence-corrected chi connectivity index (χ3v) is 3.65. The highest BCUT2D eigenvalue weighted by Crippen LogP contribution is 2.30. The summed E-state index contributed by atoms with van der Waals surface area (Å²) in [6.45, 7) is 2.08. The lowest BCUT2D eigenvalue weighted by Gasteiger charge is -2.10. The van der Waals surface area contributed by atoms with Crippen LogP contribution in [0.1, 0.15) is 24.6 Å². The van der Waals surface area contributed by atoms with Crippen LogP contribution in [0.25, 0.3) is 0 Å². The first-order valence-corrected chi connectivity index (χ1v) is 7.64. The minimum atomic E-state index is -0.356. The maximum atomic E-state index is 13.3. The number of aryl methyl sites for hydroxylation is 1. The molecule has 0 bridgehead atoms. The molecule has 0 spiro atoms. The molecule has 2 nitrogen and oxygen atoms in total. The van der Waals surface area contributed by atoms with Crippen molar-refractivity contribution < 1.29 is 9.13 Å². The fraction of sp³-hybridized carbons (Fsp3) is 0.267. The topological polar surface area (TPSA) is 22.1 Å². The molecule has 0 aliphatic carbocycles. The Hall–Kier alpha value is -1.13. The summed E-state index contributed by atoms with van der Waals surface area (Å²) >= 11 is 9.21. The van der Waals surface area contributed by atoms with Crippen LogP contribution in [-0.4, -0.2) is 4.98 Å². The predicted octanol–water partition coefficient (Wildman–Crippen LogP) is 5.47. The molecular formula is C15H14BrClFNO. The van der Waals surface area contributed by atoms with Gasteiger partial charge in [0.05, 0.1) is 4.47 Å². The number of hydrogen-bond donors (Lipinski definition) is 0. The van der Waals surface area contributed by atoms with Gasteiger partial charge in [-0.05, 0) is 46.1 Å². The summed E-state index contributed by atoms with van der Waals surface area (Å²) in [6, 6.07) is 8.01. The first kappa shape index (κ1) is 15.3. The molecule has 0 saturated heterocycles. The normalized spacial score (nSPS) is 10.6.